The molecular weight excluding hydrogens is 338 g/mol. The zero-order chi connectivity index (χ0) is 17.4. The minimum absolute atomic E-state index is 0.117. The Hall–Kier alpha value is -2.61. The lowest BCUT2D eigenvalue weighted by atomic mass is 10.1. The van der Waals surface area contributed by atoms with Crippen LogP contribution in [0.2, 0.25) is 0 Å². The molecule has 0 saturated heterocycles. The molecule has 128 valence electrons. The summed E-state index contributed by atoms with van der Waals surface area (Å²) in [6.07, 6.45) is 2.86. The zero-order valence-corrected chi connectivity index (χ0v) is 14.5. The van der Waals surface area contributed by atoms with Gasteiger partial charge in [0, 0.05) is 18.8 Å². The number of aryl methyl sites for hydroxylation is 1. The molecule has 0 radical (unpaired) electrons. The topological polar surface area (TPSA) is 87.6 Å². The average Bonchev–Trinajstić information content (AvgIpc) is 3.35. The predicted molar refractivity (Wildman–Crippen MR) is 95.8 cm³/mol. The molecule has 1 aliphatic heterocycles. The second kappa shape index (κ2) is 6.36. The number of nitrogens with zero attached hydrogens (tertiary/aromatic N) is 4. The van der Waals surface area contributed by atoms with Gasteiger partial charge in [0.25, 0.3) is 5.91 Å². The first-order valence-electron chi connectivity index (χ1n) is 8.22. The Morgan fingerprint density at radius 1 is 1.28 bits per heavy atom. The summed E-state index contributed by atoms with van der Waals surface area (Å²) in [6.45, 7) is 1.95. The maximum absolute atomic E-state index is 12.5. The van der Waals surface area contributed by atoms with Crippen molar-refractivity contribution in [2.45, 2.75) is 38.5 Å². The van der Waals surface area contributed by atoms with Gasteiger partial charge in [-0.1, -0.05) is 23.5 Å². The van der Waals surface area contributed by atoms with Gasteiger partial charge >= 0.3 is 0 Å². The third-order valence-electron chi connectivity index (χ3n) is 4.13. The molecule has 0 atom stereocenters. The molecule has 1 N–H and O–H groups in total. The smallest absolute Gasteiger partial charge is 0.273 e. The standard InChI is InChI=1S/C17H17N5O2S/c1-10-3-2-4-12(9-10)22-14(23)8-7-13(21-22)15(24)18-17-20-19-16(25-17)11-5-6-11/h2-4,9,11H,5-8H2,1H3,(H,18,20,24). The van der Waals surface area contributed by atoms with E-state index in [1.165, 1.54) is 16.3 Å². The molecule has 4 rings (SSSR count). The van der Waals surface area contributed by atoms with Crippen LogP contribution in [0.3, 0.4) is 0 Å². The Morgan fingerprint density at radius 2 is 2.12 bits per heavy atom. The van der Waals surface area contributed by atoms with Gasteiger partial charge in [0.15, 0.2) is 0 Å². The van der Waals surface area contributed by atoms with E-state index in [1.54, 1.807) is 0 Å². The summed E-state index contributed by atoms with van der Waals surface area (Å²) >= 11 is 1.41. The monoisotopic (exact) mass is 355 g/mol. The van der Waals surface area contributed by atoms with Gasteiger partial charge in [0.2, 0.25) is 11.0 Å². The highest BCUT2D eigenvalue weighted by Crippen LogP contribution is 2.42. The molecule has 1 aliphatic carbocycles. The maximum Gasteiger partial charge on any atom is 0.273 e. The lowest BCUT2D eigenvalue weighted by Gasteiger charge is -2.23. The number of rotatable bonds is 4. The molecule has 0 bridgehead atoms. The Morgan fingerprint density at radius 3 is 2.88 bits per heavy atom. The van der Waals surface area contributed by atoms with Gasteiger partial charge in [0.05, 0.1) is 5.69 Å². The Kier molecular flexibility index (Phi) is 4.04. The third-order valence-corrected chi connectivity index (χ3v) is 5.13. The van der Waals surface area contributed by atoms with Crippen LogP contribution < -0.4 is 10.3 Å². The molecule has 2 amide bonds. The van der Waals surface area contributed by atoms with E-state index in [1.807, 2.05) is 31.2 Å². The van der Waals surface area contributed by atoms with Crippen molar-refractivity contribution in [3.8, 4) is 0 Å². The van der Waals surface area contributed by atoms with Gasteiger partial charge < -0.3 is 0 Å². The van der Waals surface area contributed by atoms with Crippen LogP contribution in [0, 0.1) is 6.92 Å². The van der Waals surface area contributed by atoms with Crippen LogP contribution in [0.1, 0.15) is 42.2 Å². The van der Waals surface area contributed by atoms with Crippen molar-refractivity contribution in [3.05, 3.63) is 34.8 Å². The van der Waals surface area contributed by atoms with Gasteiger partial charge in [-0.2, -0.15) is 5.10 Å². The molecule has 2 aliphatic rings. The molecule has 1 aromatic carbocycles. The van der Waals surface area contributed by atoms with Crippen molar-refractivity contribution in [1.82, 2.24) is 10.2 Å². The number of hydrogen-bond donors (Lipinski definition) is 1. The quantitative estimate of drug-likeness (QED) is 0.913. The van der Waals surface area contributed by atoms with E-state index >= 15 is 0 Å². The fourth-order valence-electron chi connectivity index (χ4n) is 2.63. The van der Waals surface area contributed by atoms with Crippen molar-refractivity contribution < 1.29 is 9.59 Å². The van der Waals surface area contributed by atoms with Crippen LogP contribution in [0.15, 0.2) is 29.4 Å². The molecule has 0 spiro atoms. The highest BCUT2D eigenvalue weighted by Gasteiger charge is 2.29. The van der Waals surface area contributed by atoms with Gasteiger partial charge in [0.1, 0.15) is 10.7 Å². The number of carbonyl (C=O) groups is 2. The Bertz CT molecular complexity index is 871. The second-order valence-corrected chi connectivity index (χ2v) is 7.27. The molecule has 1 saturated carbocycles. The highest BCUT2D eigenvalue weighted by molar-refractivity contribution is 7.15. The zero-order valence-electron chi connectivity index (χ0n) is 13.7. The molecule has 25 heavy (non-hydrogen) atoms. The number of carbonyl (C=O) groups excluding carboxylic acids is 2. The van der Waals surface area contributed by atoms with E-state index in [2.05, 4.69) is 20.6 Å². The number of hydrogen-bond acceptors (Lipinski definition) is 6. The van der Waals surface area contributed by atoms with Crippen LogP contribution in [0.25, 0.3) is 0 Å². The van der Waals surface area contributed by atoms with Crippen molar-refractivity contribution in [3.63, 3.8) is 0 Å². The fourth-order valence-corrected chi connectivity index (χ4v) is 3.54. The summed E-state index contributed by atoms with van der Waals surface area (Å²) in [5, 5.41) is 17.9. The molecule has 0 unspecified atom stereocenters. The number of aromatic nitrogens is 2. The number of anilines is 2. The normalized spacial score (nSPS) is 17.4. The van der Waals surface area contributed by atoms with E-state index in [0.29, 0.717) is 28.9 Å². The molecular formula is C17H17N5O2S. The van der Waals surface area contributed by atoms with Crippen molar-refractivity contribution in [1.29, 1.82) is 0 Å². The summed E-state index contributed by atoms with van der Waals surface area (Å²) in [7, 11) is 0. The van der Waals surface area contributed by atoms with Crippen LogP contribution in [0.5, 0.6) is 0 Å². The van der Waals surface area contributed by atoms with Crippen molar-refractivity contribution in [2.75, 3.05) is 10.3 Å². The second-order valence-electron chi connectivity index (χ2n) is 6.27. The molecule has 1 fully saturated rings. The first kappa shape index (κ1) is 15.9. The van der Waals surface area contributed by atoms with Crippen molar-refractivity contribution >= 4 is 39.7 Å². The summed E-state index contributed by atoms with van der Waals surface area (Å²) < 4.78 is 0. The fraction of sp³-hybridized carbons (Fsp3) is 0.353. The molecule has 1 aromatic heterocycles. The molecule has 7 nitrogen and oxygen atoms in total. The third kappa shape index (κ3) is 3.43. The van der Waals surface area contributed by atoms with E-state index in [9.17, 15) is 9.59 Å². The number of nitrogens with one attached hydrogen (secondary N) is 1. The first-order valence-corrected chi connectivity index (χ1v) is 9.03. The minimum atomic E-state index is -0.330. The summed E-state index contributed by atoms with van der Waals surface area (Å²) in [5.74, 6) is 0.0577. The van der Waals surface area contributed by atoms with E-state index in [4.69, 9.17) is 0 Å². The minimum Gasteiger partial charge on any atom is -0.295 e. The Balaban J connectivity index is 1.52. The molecule has 2 heterocycles. The molecule has 8 heteroatoms. The van der Waals surface area contributed by atoms with Crippen LogP contribution >= 0.6 is 11.3 Å². The van der Waals surface area contributed by atoms with Crippen LogP contribution in [-0.4, -0.2) is 27.7 Å². The van der Waals surface area contributed by atoms with Crippen LogP contribution in [0.4, 0.5) is 10.8 Å². The number of amides is 2. The molecule has 2 aromatic rings. The summed E-state index contributed by atoms with van der Waals surface area (Å²) in [4.78, 5) is 24.7. The number of benzene rings is 1. The number of hydrazone groups is 1. The van der Waals surface area contributed by atoms with E-state index in [-0.39, 0.29) is 18.2 Å². The first-order chi connectivity index (χ1) is 12.1. The lowest BCUT2D eigenvalue weighted by Crippen LogP contribution is -2.36. The van der Waals surface area contributed by atoms with E-state index < -0.39 is 0 Å². The SMILES string of the molecule is Cc1cccc(N2N=C(C(=O)Nc3nnc(C4CC4)s3)CCC2=O)c1. The van der Waals surface area contributed by atoms with Gasteiger partial charge in [-0.05, 0) is 37.5 Å². The maximum atomic E-state index is 12.5. The highest BCUT2D eigenvalue weighted by atomic mass is 32.1. The predicted octanol–water partition coefficient (Wildman–Crippen LogP) is 2.85. The average molecular weight is 355 g/mol. The van der Waals surface area contributed by atoms with E-state index in [0.717, 1.165) is 23.4 Å². The van der Waals surface area contributed by atoms with Crippen LogP contribution in [-0.2, 0) is 9.59 Å². The Labute approximate surface area is 148 Å². The lowest BCUT2D eigenvalue weighted by molar-refractivity contribution is -0.118. The van der Waals surface area contributed by atoms with Gasteiger partial charge in [-0.3, -0.25) is 14.9 Å². The van der Waals surface area contributed by atoms with Crippen molar-refractivity contribution in [2.24, 2.45) is 5.10 Å². The van der Waals surface area contributed by atoms with Gasteiger partial charge in [-0.15, -0.1) is 10.2 Å². The largest absolute Gasteiger partial charge is 0.295 e. The van der Waals surface area contributed by atoms with Gasteiger partial charge in [-0.25, -0.2) is 5.01 Å². The summed E-state index contributed by atoms with van der Waals surface area (Å²) in [5.41, 5.74) is 2.02. The summed E-state index contributed by atoms with van der Waals surface area (Å²) in [6, 6.07) is 7.49.